The van der Waals surface area contributed by atoms with E-state index >= 15 is 0 Å². The second-order valence-electron chi connectivity index (χ2n) is 14.2. The molecule has 0 aliphatic carbocycles. The second-order valence-corrected chi connectivity index (χ2v) is 52.2. The number of aromatic amines is 1. The fourth-order valence-corrected chi connectivity index (χ4v) is 7.45. The van der Waals surface area contributed by atoms with Crippen LogP contribution in [0.1, 0.15) is 39.7 Å². The summed E-state index contributed by atoms with van der Waals surface area (Å²) in [7, 11) is 0. The molecule has 0 atom stereocenters. The van der Waals surface area contributed by atoms with Crippen LogP contribution in [0.15, 0.2) is 94.3 Å². The molecule has 0 unspecified atom stereocenters. The van der Waals surface area contributed by atoms with Crippen molar-refractivity contribution in [1.29, 1.82) is 0 Å². The van der Waals surface area contributed by atoms with Gasteiger partial charge in [0.2, 0.25) is 5.82 Å². The predicted molar refractivity (Wildman–Crippen MR) is 300 cm³/mol. The molecule has 0 radical (unpaired) electrons. The van der Waals surface area contributed by atoms with Crippen molar-refractivity contribution in [2.75, 3.05) is 79.6 Å². The summed E-state index contributed by atoms with van der Waals surface area (Å²) in [6.45, 7) is 9.81. The number of morpholine rings is 2. The Balaban J connectivity index is 0.000000192. The molecule has 3 aromatic heterocycles. The Labute approximate surface area is 447 Å². The zero-order chi connectivity index (χ0) is 47.3. The van der Waals surface area contributed by atoms with Crippen molar-refractivity contribution in [2.45, 2.75) is 13.8 Å². The molecular weight excluding hydrogens is 1580 g/mol. The van der Waals surface area contributed by atoms with Gasteiger partial charge in [-0.3, -0.25) is 25.0 Å². The number of nitrogens with zero attached hydrogens (tertiary/aromatic N) is 8. The van der Waals surface area contributed by atoms with Gasteiger partial charge in [-0.2, -0.15) is 0 Å². The van der Waals surface area contributed by atoms with Crippen LogP contribution >= 0.6 is 110 Å². The molecule has 2 fully saturated rings. The van der Waals surface area contributed by atoms with E-state index in [2.05, 4.69) is 85.9 Å². The van der Waals surface area contributed by atoms with E-state index in [-0.39, 0.29) is 22.9 Å². The van der Waals surface area contributed by atoms with Crippen LogP contribution in [-0.4, -0.2) is 102 Å². The van der Waals surface area contributed by atoms with E-state index in [9.17, 15) is 17.8 Å². The number of nitrogens with one attached hydrogen (secondary N) is 3. The maximum absolute atomic E-state index is 13.2. The number of nitro groups is 1. The van der Waals surface area contributed by atoms with Crippen molar-refractivity contribution in [1.82, 2.24) is 20.2 Å². The SMILES string of the molecule is CC1=C2N=C(c3ccccc3Cl)c3cnc(N4CCOCC4)cc3NC2=NC1.Cc1[nH]nc(Nc2cc(N3CCOCC3)ncc2C(=O)c2ccccc2Cl)c1[N+](=O)[O-].FI(I)I.I[I-]I. The molecule has 3 N–H and O–H groups in total. The number of benzene rings is 2. The number of rotatable bonds is 8. The number of anilines is 5. The molecule has 2 aromatic carbocycles. The van der Waals surface area contributed by atoms with Gasteiger partial charge in [-0.1, -0.05) is 53.5 Å². The van der Waals surface area contributed by atoms with E-state index in [1.165, 1.54) is 6.20 Å². The minimum absolute atomic E-state index is 0.00911. The monoisotopic (exact) mass is 1620 g/mol. The Kier molecular flexibility index (Phi) is 21.3. The van der Waals surface area contributed by atoms with Gasteiger partial charge >= 0.3 is 109 Å². The molecular formula is C41H39Cl2FI6N11O5-. The molecule has 4 aliphatic rings. The van der Waals surface area contributed by atoms with Gasteiger partial charge in [0, 0.05) is 72.4 Å². The van der Waals surface area contributed by atoms with E-state index in [0.717, 1.165) is 71.8 Å². The summed E-state index contributed by atoms with van der Waals surface area (Å²) in [6.07, 6.45) is 3.33. The first kappa shape index (κ1) is 53.5. The molecule has 2 saturated heterocycles. The molecule has 352 valence electrons. The van der Waals surface area contributed by atoms with Crippen LogP contribution in [0.3, 0.4) is 0 Å². The summed E-state index contributed by atoms with van der Waals surface area (Å²) in [4.78, 5) is 47.2. The number of aromatic nitrogens is 4. The molecule has 16 nitrogen and oxygen atoms in total. The summed E-state index contributed by atoms with van der Waals surface area (Å²) >= 11 is 19.9. The van der Waals surface area contributed by atoms with Gasteiger partial charge < -0.3 is 29.9 Å². The summed E-state index contributed by atoms with van der Waals surface area (Å²) in [6, 6.07) is 18.2. The van der Waals surface area contributed by atoms with Gasteiger partial charge in [0.25, 0.3) is 0 Å². The summed E-state index contributed by atoms with van der Waals surface area (Å²) < 4.78 is 22.0. The van der Waals surface area contributed by atoms with Crippen LogP contribution in [0.25, 0.3) is 0 Å². The average Bonchev–Trinajstić information content (AvgIpc) is 3.80. The third-order valence-electron chi connectivity index (χ3n) is 10.1. The molecule has 7 heterocycles. The fraction of sp³-hybridized carbons (Fsp3) is 0.268. The molecule has 0 saturated carbocycles. The van der Waals surface area contributed by atoms with Crippen molar-refractivity contribution >= 4 is 162 Å². The fourth-order valence-electron chi connectivity index (χ4n) is 7.00. The predicted octanol–water partition coefficient (Wildman–Crippen LogP) is 8.86. The normalized spacial score (nSPS) is 15.4. The van der Waals surface area contributed by atoms with Gasteiger partial charge in [-0.15, -0.1) is 5.10 Å². The third kappa shape index (κ3) is 14.1. The zero-order valence-electron chi connectivity index (χ0n) is 34.8. The van der Waals surface area contributed by atoms with Crippen molar-refractivity contribution in [3.8, 4) is 0 Å². The first-order chi connectivity index (χ1) is 31.8. The number of fused-ring (bicyclic) bond motifs is 2. The topological polar surface area (TPSA) is 188 Å². The Morgan fingerprint density at radius 1 is 0.894 bits per heavy atom. The van der Waals surface area contributed by atoms with Crippen LogP contribution in [0, 0.1) is 17.0 Å². The standard InChI is InChI=1S/C21H20ClN5O.C20H19ClN6O4.FI3.I3/c1-13-11-24-21-19(13)26-20(14-4-2-3-5-16(14)22)15-12-23-18(10-17(15)25-21)27-6-8-28-9-7-27;1-12-18(27(29)30)20(25-24-12)23-16-10-17(26-6-8-31-9-7-26)22-11-14(16)19(28)13-4-2-3-5-15(13)21;1-4(2)3;1-3-2/h2-5,10,12H,6-9,11H2,1H3,(H,24,25);2-5,10-11H,6-9H2,1H3,(H2,22,23,24,25);;/q;;;-1. The van der Waals surface area contributed by atoms with Crippen LogP contribution < -0.4 is 33.7 Å². The molecule has 9 rings (SSSR count). The van der Waals surface area contributed by atoms with Gasteiger partial charge in [0.05, 0.1) is 65.6 Å². The minimum atomic E-state index is -1.82. The first-order valence-electron chi connectivity index (χ1n) is 19.6. The number of aliphatic imine (C=N–C) groups is 2. The summed E-state index contributed by atoms with van der Waals surface area (Å²) in [5.74, 6) is 2.01. The van der Waals surface area contributed by atoms with Crippen molar-refractivity contribution in [2.24, 2.45) is 9.98 Å². The van der Waals surface area contributed by atoms with Crippen molar-refractivity contribution < 1.29 is 35.3 Å². The quantitative estimate of drug-likeness (QED) is 0.0581. The number of H-pyrrole nitrogens is 1. The van der Waals surface area contributed by atoms with Crippen LogP contribution in [0.2, 0.25) is 10.0 Å². The molecule has 0 amide bonds. The summed E-state index contributed by atoms with van der Waals surface area (Å²) in [5.41, 5.74) is 6.57. The Morgan fingerprint density at radius 2 is 1.47 bits per heavy atom. The average molecular weight is 1620 g/mol. The molecule has 0 bridgehead atoms. The zero-order valence-corrected chi connectivity index (χ0v) is 49.3. The number of pyridine rings is 2. The molecule has 5 aromatic rings. The maximum atomic E-state index is 13.2. The molecule has 4 aliphatic heterocycles. The second kappa shape index (κ2) is 26.4. The van der Waals surface area contributed by atoms with Crippen LogP contribution in [0.4, 0.5) is 37.4 Å². The number of aryl methyl sites for hydroxylation is 1. The van der Waals surface area contributed by atoms with Crippen molar-refractivity contribution in [3.63, 3.8) is 0 Å². The van der Waals surface area contributed by atoms with Gasteiger partial charge in [-0.05, 0) is 37.6 Å². The summed E-state index contributed by atoms with van der Waals surface area (Å²) in [5, 5.41) is 25.5. The number of carbonyl (C=O) groups excluding carboxylic acids is 1. The van der Waals surface area contributed by atoms with Crippen molar-refractivity contribution in [3.05, 3.63) is 132 Å². The van der Waals surface area contributed by atoms with E-state index in [0.29, 0.717) is 78.9 Å². The Morgan fingerprint density at radius 3 is 2.08 bits per heavy atom. The molecule has 66 heavy (non-hydrogen) atoms. The number of carbonyl (C=O) groups is 1. The Bertz CT molecular complexity index is 2630. The number of hydrogen-bond acceptors (Lipinski definition) is 14. The van der Waals surface area contributed by atoms with E-state index < -0.39 is 17.4 Å². The number of amidine groups is 1. The van der Waals surface area contributed by atoms with Gasteiger partial charge in [0.1, 0.15) is 23.0 Å². The molecule has 0 spiro atoms. The number of halogens is 9. The molecule has 25 heteroatoms. The van der Waals surface area contributed by atoms with E-state index in [1.807, 2.05) is 72.6 Å². The first-order valence-corrected chi connectivity index (χ1v) is 46.4. The van der Waals surface area contributed by atoms with E-state index in [1.54, 1.807) is 37.3 Å². The third-order valence-corrected chi connectivity index (χ3v) is 10.8. The van der Waals surface area contributed by atoms with Gasteiger partial charge in [0.15, 0.2) is 11.6 Å². The van der Waals surface area contributed by atoms with Crippen LogP contribution in [-0.2, 0) is 9.47 Å². The van der Waals surface area contributed by atoms with Crippen LogP contribution in [0.5, 0.6) is 0 Å². The number of ketones is 1. The Hall–Kier alpha value is -1.89. The number of hydrogen-bond donors (Lipinski definition) is 3. The van der Waals surface area contributed by atoms with Gasteiger partial charge in [-0.25, -0.2) is 15.0 Å². The number of ether oxygens (including phenoxy) is 2. The van der Waals surface area contributed by atoms with E-state index in [4.69, 9.17) is 42.7 Å².